The number of nitrogens with zero attached hydrogens (tertiary/aromatic N) is 3. The molecule has 26 heavy (non-hydrogen) atoms. The van der Waals surface area contributed by atoms with E-state index in [1.807, 2.05) is 5.38 Å². The fraction of sp³-hybridized carbons (Fsp3) is 0.389. The Labute approximate surface area is 156 Å². The van der Waals surface area contributed by atoms with E-state index in [0.717, 1.165) is 23.4 Å². The molecule has 0 saturated heterocycles. The van der Waals surface area contributed by atoms with Gasteiger partial charge in [-0.1, -0.05) is 43.3 Å². The maximum Gasteiger partial charge on any atom is 0.277 e. The van der Waals surface area contributed by atoms with Crippen LogP contribution in [0.1, 0.15) is 44.0 Å². The van der Waals surface area contributed by atoms with Crippen LogP contribution in [-0.4, -0.2) is 28.8 Å². The van der Waals surface area contributed by atoms with Crippen LogP contribution in [0, 0.1) is 0 Å². The Morgan fingerprint density at radius 2 is 1.92 bits per heavy atom. The molecular weight excluding hydrogens is 370 g/mol. The summed E-state index contributed by atoms with van der Waals surface area (Å²) >= 11 is 1.49. The number of thiazole rings is 1. The number of aromatic nitrogens is 3. The Morgan fingerprint density at radius 1 is 1.19 bits per heavy atom. The van der Waals surface area contributed by atoms with E-state index in [0.29, 0.717) is 11.6 Å². The van der Waals surface area contributed by atoms with Crippen molar-refractivity contribution in [1.82, 2.24) is 15.1 Å². The highest BCUT2D eigenvalue weighted by Crippen LogP contribution is 2.32. The van der Waals surface area contributed by atoms with Crippen LogP contribution in [0.25, 0.3) is 22.2 Å². The Bertz CT molecular complexity index is 1020. The summed E-state index contributed by atoms with van der Waals surface area (Å²) in [6.07, 6.45) is 1.47. The second-order valence-corrected chi connectivity index (χ2v) is 9.98. The normalized spacial score (nSPS) is 14.9. The summed E-state index contributed by atoms with van der Waals surface area (Å²) in [5.74, 6) is 0.768. The van der Waals surface area contributed by atoms with Gasteiger partial charge in [0.2, 0.25) is 0 Å². The zero-order chi connectivity index (χ0) is 18.3. The first-order chi connectivity index (χ1) is 12.4. The summed E-state index contributed by atoms with van der Waals surface area (Å²) in [6, 6.07) is 8.32. The van der Waals surface area contributed by atoms with Crippen LogP contribution in [0.2, 0.25) is 0 Å². The quantitative estimate of drug-likeness (QED) is 0.632. The van der Waals surface area contributed by atoms with Gasteiger partial charge in [0.05, 0.1) is 5.25 Å². The SMILES string of the molecule is CC(C)c1ccc(-c2nc(-c3nc(CS(=O)(=O)C4CC4)no3)cs2)cc1. The molecule has 0 N–H and O–H groups in total. The molecule has 8 heteroatoms. The number of benzene rings is 1. The number of sulfone groups is 1. The minimum absolute atomic E-state index is 0.172. The molecule has 1 aromatic carbocycles. The van der Waals surface area contributed by atoms with E-state index >= 15 is 0 Å². The molecule has 0 aliphatic heterocycles. The first-order valence-electron chi connectivity index (χ1n) is 8.53. The fourth-order valence-electron chi connectivity index (χ4n) is 2.66. The van der Waals surface area contributed by atoms with Gasteiger partial charge in [-0.15, -0.1) is 11.3 Å². The standard InChI is InChI=1S/C18H19N3O3S2/c1-11(2)12-3-5-13(6-4-12)18-19-15(9-25-18)17-20-16(21-24-17)10-26(22,23)14-7-8-14/h3-6,9,11,14H,7-8,10H2,1-2H3. The molecule has 0 amide bonds. The van der Waals surface area contributed by atoms with Crippen molar-refractivity contribution in [2.75, 3.05) is 0 Å². The van der Waals surface area contributed by atoms with Crippen molar-refractivity contribution in [2.24, 2.45) is 0 Å². The first-order valence-corrected chi connectivity index (χ1v) is 11.1. The third kappa shape index (κ3) is 3.57. The molecule has 136 valence electrons. The van der Waals surface area contributed by atoms with Gasteiger partial charge in [-0.2, -0.15) is 4.98 Å². The summed E-state index contributed by atoms with van der Waals surface area (Å²) in [4.78, 5) is 8.76. The minimum Gasteiger partial charge on any atom is -0.332 e. The summed E-state index contributed by atoms with van der Waals surface area (Å²) in [7, 11) is -3.16. The van der Waals surface area contributed by atoms with Crippen molar-refractivity contribution in [3.05, 3.63) is 41.0 Å². The Balaban J connectivity index is 1.53. The van der Waals surface area contributed by atoms with Gasteiger partial charge in [0.25, 0.3) is 5.89 Å². The molecule has 0 radical (unpaired) electrons. The second kappa shape index (κ2) is 6.59. The lowest BCUT2D eigenvalue weighted by molar-refractivity contribution is 0.423. The lowest BCUT2D eigenvalue weighted by atomic mass is 10.0. The molecule has 6 nitrogen and oxygen atoms in total. The van der Waals surface area contributed by atoms with Crippen LogP contribution < -0.4 is 0 Å². The first kappa shape index (κ1) is 17.4. The van der Waals surface area contributed by atoms with Crippen molar-refractivity contribution >= 4 is 21.2 Å². The maximum absolute atomic E-state index is 12.0. The smallest absolute Gasteiger partial charge is 0.277 e. The maximum atomic E-state index is 12.0. The monoisotopic (exact) mass is 389 g/mol. The zero-order valence-electron chi connectivity index (χ0n) is 14.5. The van der Waals surface area contributed by atoms with Crippen LogP contribution in [0.3, 0.4) is 0 Å². The van der Waals surface area contributed by atoms with Crippen molar-refractivity contribution in [3.8, 4) is 22.2 Å². The number of hydrogen-bond acceptors (Lipinski definition) is 7. The van der Waals surface area contributed by atoms with Crippen LogP contribution in [0.5, 0.6) is 0 Å². The van der Waals surface area contributed by atoms with Gasteiger partial charge in [0, 0.05) is 10.9 Å². The average molecular weight is 390 g/mol. The highest BCUT2D eigenvalue weighted by atomic mass is 32.2. The molecule has 1 aliphatic carbocycles. The lowest BCUT2D eigenvalue weighted by Crippen LogP contribution is -2.10. The molecule has 0 atom stereocenters. The Morgan fingerprint density at radius 3 is 2.58 bits per heavy atom. The molecule has 2 aromatic heterocycles. The summed E-state index contributed by atoms with van der Waals surface area (Å²) in [5, 5.41) is 6.28. The van der Waals surface area contributed by atoms with Crippen molar-refractivity contribution in [3.63, 3.8) is 0 Å². The predicted octanol–water partition coefficient (Wildman–Crippen LogP) is 4.06. The van der Waals surface area contributed by atoms with E-state index in [1.54, 1.807) is 0 Å². The van der Waals surface area contributed by atoms with Crippen LogP contribution in [0.4, 0.5) is 0 Å². The number of hydrogen-bond donors (Lipinski definition) is 0. The van der Waals surface area contributed by atoms with E-state index in [2.05, 4.69) is 53.2 Å². The third-order valence-corrected chi connectivity index (χ3v) is 7.42. The minimum atomic E-state index is -3.16. The molecule has 0 bridgehead atoms. The molecule has 4 rings (SSSR count). The van der Waals surface area contributed by atoms with Crippen LogP contribution in [0.15, 0.2) is 34.2 Å². The van der Waals surface area contributed by atoms with Gasteiger partial charge < -0.3 is 4.52 Å². The molecule has 3 aromatic rings. The van der Waals surface area contributed by atoms with Crippen molar-refractivity contribution in [2.45, 2.75) is 43.6 Å². The van der Waals surface area contributed by atoms with Gasteiger partial charge in [0.15, 0.2) is 15.7 Å². The highest BCUT2D eigenvalue weighted by molar-refractivity contribution is 7.91. The Hall–Kier alpha value is -2.06. The molecular formula is C18H19N3O3S2. The van der Waals surface area contributed by atoms with Gasteiger partial charge in [-0.05, 0) is 24.3 Å². The van der Waals surface area contributed by atoms with Gasteiger partial charge >= 0.3 is 0 Å². The average Bonchev–Trinajstić information content (AvgIpc) is 3.21. The molecule has 2 heterocycles. The van der Waals surface area contributed by atoms with Gasteiger partial charge in [0.1, 0.15) is 16.5 Å². The molecule has 1 saturated carbocycles. The van der Waals surface area contributed by atoms with Gasteiger partial charge in [-0.3, -0.25) is 0 Å². The lowest BCUT2D eigenvalue weighted by Gasteiger charge is -2.05. The predicted molar refractivity (Wildman–Crippen MR) is 101 cm³/mol. The summed E-state index contributed by atoms with van der Waals surface area (Å²) < 4.78 is 29.3. The fourth-order valence-corrected chi connectivity index (χ4v) is 5.02. The molecule has 1 fully saturated rings. The topological polar surface area (TPSA) is 86.0 Å². The molecule has 0 spiro atoms. The van der Waals surface area contributed by atoms with Crippen molar-refractivity contribution in [1.29, 1.82) is 0 Å². The third-order valence-electron chi connectivity index (χ3n) is 4.38. The molecule has 1 aliphatic rings. The van der Waals surface area contributed by atoms with E-state index in [-0.39, 0.29) is 22.7 Å². The van der Waals surface area contributed by atoms with E-state index in [4.69, 9.17) is 4.52 Å². The molecule has 0 unspecified atom stereocenters. The van der Waals surface area contributed by atoms with Crippen LogP contribution in [-0.2, 0) is 15.6 Å². The summed E-state index contributed by atoms with van der Waals surface area (Å²) in [5.41, 5.74) is 2.88. The number of rotatable bonds is 6. The van der Waals surface area contributed by atoms with Crippen LogP contribution >= 0.6 is 11.3 Å². The van der Waals surface area contributed by atoms with E-state index in [9.17, 15) is 8.42 Å². The highest BCUT2D eigenvalue weighted by Gasteiger charge is 2.36. The summed E-state index contributed by atoms with van der Waals surface area (Å²) in [6.45, 7) is 4.32. The van der Waals surface area contributed by atoms with Gasteiger partial charge in [-0.25, -0.2) is 13.4 Å². The largest absolute Gasteiger partial charge is 0.332 e. The van der Waals surface area contributed by atoms with E-state index < -0.39 is 9.84 Å². The van der Waals surface area contributed by atoms with Crippen molar-refractivity contribution < 1.29 is 12.9 Å². The second-order valence-electron chi connectivity index (χ2n) is 6.84. The Kier molecular flexibility index (Phi) is 4.40. The van der Waals surface area contributed by atoms with E-state index in [1.165, 1.54) is 16.9 Å². The zero-order valence-corrected chi connectivity index (χ0v) is 16.2.